The Kier molecular flexibility index (Phi) is 3.20. The number of fused-ring (bicyclic) bond motifs is 11. The van der Waals surface area contributed by atoms with Crippen LogP contribution in [0.3, 0.4) is 0 Å². The lowest BCUT2D eigenvalue weighted by atomic mass is 9.69. The van der Waals surface area contributed by atoms with E-state index in [0.717, 1.165) is 46.8 Å². The fourth-order valence-electron chi connectivity index (χ4n) is 7.50. The molecule has 4 aliphatic rings. The second-order valence-corrected chi connectivity index (χ2v) is 9.70. The van der Waals surface area contributed by atoms with Crippen LogP contribution >= 0.6 is 0 Å². The number of hydrogen-bond donors (Lipinski definition) is 0. The molecule has 3 fully saturated rings. The number of ether oxygens (including phenoxy) is 1. The Morgan fingerprint density at radius 2 is 1.55 bits per heavy atom. The lowest BCUT2D eigenvalue weighted by molar-refractivity contribution is -0.142. The summed E-state index contributed by atoms with van der Waals surface area (Å²) < 4.78 is 6.08. The quantitative estimate of drug-likeness (QED) is 0.179. The predicted octanol–water partition coefficient (Wildman–Crippen LogP) is 5.99. The van der Waals surface area contributed by atoms with Crippen molar-refractivity contribution < 1.29 is 9.53 Å². The molecule has 3 aromatic rings. The maximum absolute atomic E-state index is 13.3. The van der Waals surface area contributed by atoms with Crippen molar-refractivity contribution >= 4 is 27.5 Å². The molecule has 0 aliphatic heterocycles. The number of rotatable bonds is 2. The van der Waals surface area contributed by atoms with Crippen LogP contribution < -0.4 is 4.74 Å². The van der Waals surface area contributed by atoms with E-state index >= 15 is 0 Å². The topological polar surface area (TPSA) is 26.3 Å². The van der Waals surface area contributed by atoms with Crippen LogP contribution in [0.15, 0.2) is 66.7 Å². The predicted molar refractivity (Wildman–Crippen MR) is 115 cm³/mol. The molecule has 144 valence electrons. The summed E-state index contributed by atoms with van der Waals surface area (Å²) in [5, 5.41) is 4.55. The lowest BCUT2D eigenvalue weighted by Crippen LogP contribution is -2.36. The van der Waals surface area contributed by atoms with Gasteiger partial charge in [0.1, 0.15) is 5.75 Å². The van der Waals surface area contributed by atoms with Gasteiger partial charge in [0.25, 0.3) is 0 Å². The molecule has 4 aliphatic carbocycles. The van der Waals surface area contributed by atoms with Gasteiger partial charge in [-0.15, -0.1) is 0 Å². The third-order valence-corrected chi connectivity index (χ3v) is 8.49. The minimum atomic E-state index is 0.00311. The van der Waals surface area contributed by atoms with E-state index in [-0.39, 0.29) is 11.9 Å². The number of hydrogen-bond acceptors (Lipinski definition) is 2. The highest BCUT2D eigenvalue weighted by molar-refractivity contribution is 6.01. The van der Waals surface area contributed by atoms with Crippen molar-refractivity contribution in [3.8, 4) is 5.75 Å². The Bertz CT molecular complexity index is 1190. The highest BCUT2D eigenvalue weighted by atomic mass is 16.5. The molecular weight excluding hydrogens is 356 g/mol. The molecule has 0 heterocycles. The molecule has 3 aromatic carbocycles. The number of carbonyl (C=O) groups is 1. The largest absolute Gasteiger partial charge is 0.426 e. The lowest BCUT2D eigenvalue weighted by Gasteiger charge is -2.35. The molecule has 7 atom stereocenters. The first kappa shape index (κ1) is 16.2. The van der Waals surface area contributed by atoms with E-state index in [0.29, 0.717) is 11.7 Å². The summed E-state index contributed by atoms with van der Waals surface area (Å²) in [5.41, 5.74) is 0. The summed E-state index contributed by atoms with van der Waals surface area (Å²) in [5.74, 6) is 5.18. The maximum Gasteiger partial charge on any atom is 0.314 e. The maximum atomic E-state index is 13.3. The summed E-state index contributed by atoms with van der Waals surface area (Å²) >= 11 is 0. The Balaban J connectivity index is 1.21. The molecular formula is C27H24O2. The van der Waals surface area contributed by atoms with E-state index in [2.05, 4.69) is 54.6 Å². The average molecular weight is 380 g/mol. The van der Waals surface area contributed by atoms with E-state index in [1.54, 1.807) is 0 Å². The van der Waals surface area contributed by atoms with Gasteiger partial charge in [-0.1, -0.05) is 48.6 Å². The van der Waals surface area contributed by atoms with Gasteiger partial charge >= 0.3 is 5.97 Å². The highest BCUT2D eigenvalue weighted by Crippen LogP contribution is 2.67. The van der Waals surface area contributed by atoms with Crippen LogP contribution in [0, 0.1) is 41.4 Å². The molecule has 29 heavy (non-hydrogen) atoms. The normalized spacial score (nSPS) is 36.2. The SMILES string of the molecule is O=C(Oc1cccc2cc3ccccc3cc12)C1CC2CC1C1C3C=CC(C3)C21. The second kappa shape index (κ2) is 5.72. The summed E-state index contributed by atoms with van der Waals surface area (Å²) in [6, 6.07) is 18.8. The average Bonchev–Trinajstić information content (AvgIpc) is 3.52. The molecule has 0 N–H and O–H groups in total. The Hall–Kier alpha value is -2.61. The van der Waals surface area contributed by atoms with Gasteiger partial charge in [0.2, 0.25) is 0 Å². The first-order valence-corrected chi connectivity index (χ1v) is 11.1. The van der Waals surface area contributed by atoms with Gasteiger partial charge in [-0.25, -0.2) is 0 Å². The van der Waals surface area contributed by atoms with E-state index in [4.69, 9.17) is 4.74 Å². The standard InChI is InChI=1S/C27H24O2/c28-27(23-14-20-13-22(23)26-19-9-8-18(11-19)25(20)26)29-24-7-3-6-17-10-15-4-1-2-5-16(15)12-21(17)24/h1-10,12,18-20,22-23,25-26H,11,13-14H2. The Labute approximate surface area is 170 Å². The van der Waals surface area contributed by atoms with Crippen LogP contribution in [0.25, 0.3) is 21.5 Å². The van der Waals surface area contributed by atoms with Gasteiger partial charge in [0, 0.05) is 5.39 Å². The Morgan fingerprint density at radius 3 is 2.41 bits per heavy atom. The van der Waals surface area contributed by atoms with Crippen LogP contribution in [0.4, 0.5) is 0 Å². The summed E-state index contributed by atoms with van der Waals surface area (Å²) in [7, 11) is 0. The summed E-state index contributed by atoms with van der Waals surface area (Å²) in [6.07, 6.45) is 8.50. The molecule has 0 radical (unpaired) electrons. The number of allylic oxidation sites excluding steroid dienone is 2. The zero-order chi connectivity index (χ0) is 19.1. The molecule has 0 amide bonds. The molecule has 0 aromatic heterocycles. The van der Waals surface area contributed by atoms with Crippen LogP contribution in [0.1, 0.15) is 19.3 Å². The van der Waals surface area contributed by atoms with Crippen molar-refractivity contribution in [2.75, 3.05) is 0 Å². The van der Waals surface area contributed by atoms with Crippen molar-refractivity contribution in [3.05, 3.63) is 66.7 Å². The molecule has 0 spiro atoms. The molecule has 0 saturated heterocycles. The van der Waals surface area contributed by atoms with Gasteiger partial charge in [0.15, 0.2) is 0 Å². The fourth-order valence-corrected chi connectivity index (χ4v) is 7.50. The minimum absolute atomic E-state index is 0.00311. The molecule has 3 saturated carbocycles. The van der Waals surface area contributed by atoms with Gasteiger partial charge < -0.3 is 4.74 Å². The third-order valence-electron chi connectivity index (χ3n) is 8.49. The molecule has 7 rings (SSSR count). The van der Waals surface area contributed by atoms with E-state index in [9.17, 15) is 4.79 Å². The van der Waals surface area contributed by atoms with Crippen molar-refractivity contribution in [2.24, 2.45) is 41.4 Å². The van der Waals surface area contributed by atoms with Crippen LogP contribution in [0.2, 0.25) is 0 Å². The van der Waals surface area contributed by atoms with Gasteiger partial charge in [-0.05, 0) is 89.1 Å². The molecule has 7 unspecified atom stereocenters. The van der Waals surface area contributed by atoms with Crippen molar-refractivity contribution in [2.45, 2.75) is 19.3 Å². The molecule has 4 bridgehead atoms. The fraction of sp³-hybridized carbons (Fsp3) is 0.370. The number of carbonyl (C=O) groups excluding carboxylic acids is 1. The number of esters is 1. The summed E-state index contributed by atoms with van der Waals surface area (Å²) in [4.78, 5) is 13.3. The van der Waals surface area contributed by atoms with E-state index < -0.39 is 0 Å². The first-order chi connectivity index (χ1) is 14.3. The molecule has 2 heteroatoms. The van der Waals surface area contributed by atoms with Gasteiger partial charge in [0.05, 0.1) is 5.92 Å². The van der Waals surface area contributed by atoms with Crippen molar-refractivity contribution in [1.82, 2.24) is 0 Å². The summed E-state index contributed by atoms with van der Waals surface area (Å²) in [6.45, 7) is 0. The smallest absolute Gasteiger partial charge is 0.314 e. The minimum Gasteiger partial charge on any atom is -0.426 e. The zero-order valence-electron chi connectivity index (χ0n) is 16.3. The third kappa shape index (κ3) is 2.20. The second-order valence-electron chi connectivity index (χ2n) is 9.70. The van der Waals surface area contributed by atoms with Crippen LogP contribution in [-0.4, -0.2) is 5.97 Å². The number of benzene rings is 3. The first-order valence-electron chi connectivity index (χ1n) is 11.1. The zero-order valence-corrected chi connectivity index (χ0v) is 16.3. The van der Waals surface area contributed by atoms with E-state index in [1.807, 2.05) is 12.1 Å². The van der Waals surface area contributed by atoms with Crippen molar-refractivity contribution in [1.29, 1.82) is 0 Å². The van der Waals surface area contributed by atoms with E-state index in [1.165, 1.54) is 23.6 Å². The van der Waals surface area contributed by atoms with Gasteiger partial charge in [-0.3, -0.25) is 4.79 Å². The Morgan fingerprint density at radius 1 is 0.793 bits per heavy atom. The highest BCUT2D eigenvalue weighted by Gasteiger charge is 2.62. The monoisotopic (exact) mass is 380 g/mol. The van der Waals surface area contributed by atoms with Crippen molar-refractivity contribution in [3.63, 3.8) is 0 Å². The van der Waals surface area contributed by atoms with Crippen LogP contribution in [0.5, 0.6) is 5.75 Å². The van der Waals surface area contributed by atoms with Gasteiger partial charge in [-0.2, -0.15) is 0 Å². The molecule has 2 nitrogen and oxygen atoms in total. The van der Waals surface area contributed by atoms with Crippen LogP contribution in [-0.2, 0) is 4.79 Å².